The Balaban J connectivity index is 2.19. The van der Waals surface area contributed by atoms with Crippen molar-refractivity contribution in [3.8, 4) is 6.07 Å². The first-order chi connectivity index (χ1) is 9.22. The molecule has 4 heteroatoms. The van der Waals surface area contributed by atoms with Crippen molar-refractivity contribution in [2.45, 2.75) is 13.0 Å². The fraction of sp³-hybridized carbons (Fsp3) is 0.133. The fourth-order valence-corrected chi connectivity index (χ4v) is 1.78. The zero-order valence-corrected chi connectivity index (χ0v) is 10.5. The molecular formula is C15H13N3O. The third kappa shape index (κ3) is 2.96. The molecule has 0 saturated heterocycles. The molecule has 0 radical (unpaired) electrons. The minimum absolute atomic E-state index is 0.249. The molecule has 94 valence electrons. The SMILES string of the molecule is Cc1ccccc1C(=O)NC(C#N)c1ccncc1. The quantitative estimate of drug-likeness (QED) is 0.910. The predicted octanol–water partition coefficient (Wildman–Crippen LogP) is 2.38. The Kier molecular flexibility index (Phi) is 3.89. The van der Waals surface area contributed by atoms with Crippen molar-refractivity contribution in [3.63, 3.8) is 0 Å². The standard InChI is InChI=1S/C15H13N3O/c1-11-4-2-3-5-13(11)15(19)18-14(10-16)12-6-8-17-9-7-12/h2-9,14H,1H3,(H,18,19). The lowest BCUT2D eigenvalue weighted by atomic mass is 10.1. The summed E-state index contributed by atoms with van der Waals surface area (Å²) >= 11 is 0. The first kappa shape index (κ1) is 12.8. The fourth-order valence-electron chi connectivity index (χ4n) is 1.78. The number of nitrogens with zero attached hydrogens (tertiary/aromatic N) is 2. The lowest BCUT2D eigenvalue weighted by Gasteiger charge is -2.12. The normalized spacial score (nSPS) is 11.4. The summed E-state index contributed by atoms with van der Waals surface area (Å²) in [4.78, 5) is 16.0. The van der Waals surface area contributed by atoms with E-state index < -0.39 is 6.04 Å². The lowest BCUT2D eigenvalue weighted by molar-refractivity contribution is 0.0944. The predicted molar refractivity (Wildman–Crippen MR) is 71.2 cm³/mol. The summed E-state index contributed by atoms with van der Waals surface area (Å²) in [5.41, 5.74) is 2.18. The van der Waals surface area contributed by atoms with Gasteiger partial charge in [0.15, 0.2) is 0 Å². The van der Waals surface area contributed by atoms with E-state index in [1.165, 1.54) is 0 Å². The molecule has 19 heavy (non-hydrogen) atoms. The second-order valence-electron chi connectivity index (χ2n) is 4.13. The number of carbonyl (C=O) groups excluding carboxylic acids is 1. The molecule has 2 rings (SSSR count). The largest absolute Gasteiger partial charge is 0.332 e. The smallest absolute Gasteiger partial charge is 0.252 e. The number of pyridine rings is 1. The van der Waals surface area contributed by atoms with Gasteiger partial charge in [0.25, 0.3) is 5.91 Å². The van der Waals surface area contributed by atoms with Crippen LogP contribution in [0.15, 0.2) is 48.8 Å². The molecule has 0 aliphatic carbocycles. The molecule has 4 nitrogen and oxygen atoms in total. The summed E-state index contributed by atoms with van der Waals surface area (Å²) < 4.78 is 0. The second-order valence-corrected chi connectivity index (χ2v) is 4.13. The van der Waals surface area contributed by atoms with E-state index in [0.717, 1.165) is 11.1 Å². The summed E-state index contributed by atoms with van der Waals surface area (Å²) in [6.45, 7) is 1.86. The zero-order valence-electron chi connectivity index (χ0n) is 10.5. The Labute approximate surface area is 111 Å². The number of rotatable bonds is 3. The van der Waals surface area contributed by atoms with Crippen LogP contribution < -0.4 is 5.32 Å². The average Bonchev–Trinajstić information content (AvgIpc) is 2.46. The summed E-state index contributed by atoms with van der Waals surface area (Å²) in [5.74, 6) is -0.249. The van der Waals surface area contributed by atoms with Gasteiger partial charge < -0.3 is 5.32 Å². The summed E-state index contributed by atoms with van der Waals surface area (Å²) in [7, 11) is 0. The van der Waals surface area contributed by atoms with Gasteiger partial charge in [0, 0.05) is 18.0 Å². The number of nitrogens with one attached hydrogen (secondary N) is 1. The molecule has 1 N–H and O–H groups in total. The molecule has 0 spiro atoms. The molecule has 1 unspecified atom stereocenters. The highest BCUT2D eigenvalue weighted by molar-refractivity contribution is 5.96. The van der Waals surface area contributed by atoms with Crippen LogP contribution >= 0.6 is 0 Å². The molecule has 1 aromatic carbocycles. The maximum atomic E-state index is 12.1. The van der Waals surface area contributed by atoms with E-state index >= 15 is 0 Å². The van der Waals surface area contributed by atoms with E-state index in [-0.39, 0.29) is 5.91 Å². The Hall–Kier alpha value is -2.67. The molecule has 0 aliphatic heterocycles. The Morgan fingerprint density at radius 2 is 1.95 bits per heavy atom. The highest BCUT2D eigenvalue weighted by Gasteiger charge is 2.15. The Morgan fingerprint density at radius 1 is 1.26 bits per heavy atom. The van der Waals surface area contributed by atoms with Crippen molar-refractivity contribution in [1.29, 1.82) is 5.26 Å². The molecular weight excluding hydrogens is 238 g/mol. The summed E-state index contributed by atoms with van der Waals surface area (Å²) in [6.07, 6.45) is 3.19. The van der Waals surface area contributed by atoms with Crippen LogP contribution in [0.3, 0.4) is 0 Å². The summed E-state index contributed by atoms with van der Waals surface area (Å²) in [6, 6.07) is 12.1. The molecule has 1 aromatic heterocycles. The van der Waals surface area contributed by atoms with Crippen LogP contribution in [0.1, 0.15) is 27.5 Å². The summed E-state index contributed by atoms with van der Waals surface area (Å²) in [5, 5.41) is 11.9. The minimum atomic E-state index is -0.671. The Morgan fingerprint density at radius 3 is 2.58 bits per heavy atom. The van der Waals surface area contributed by atoms with Crippen LogP contribution in [0, 0.1) is 18.3 Å². The van der Waals surface area contributed by atoms with Crippen LogP contribution in [0.25, 0.3) is 0 Å². The van der Waals surface area contributed by atoms with Crippen molar-refractivity contribution >= 4 is 5.91 Å². The molecule has 1 amide bonds. The van der Waals surface area contributed by atoms with Crippen molar-refractivity contribution in [1.82, 2.24) is 10.3 Å². The van der Waals surface area contributed by atoms with Gasteiger partial charge in [-0.1, -0.05) is 18.2 Å². The number of hydrogen-bond donors (Lipinski definition) is 1. The van der Waals surface area contributed by atoms with Gasteiger partial charge in [-0.2, -0.15) is 5.26 Å². The maximum Gasteiger partial charge on any atom is 0.252 e. The highest BCUT2D eigenvalue weighted by atomic mass is 16.1. The van der Waals surface area contributed by atoms with E-state index in [4.69, 9.17) is 5.26 Å². The third-order valence-electron chi connectivity index (χ3n) is 2.83. The highest BCUT2D eigenvalue weighted by Crippen LogP contribution is 2.13. The van der Waals surface area contributed by atoms with Gasteiger partial charge in [-0.15, -0.1) is 0 Å². The van der Waals surface area contributed by atoms with Gasteiger partial charge in [-0.25, -0.2) is 0 Å². The number of amides is 1. The van der Waals surface area contributed by atoms with E-state index in [9.17, 15) is 4.79 Å². The lowest BCUT2D eigenvalue weighted by Crippen LogP contribution is -2.28. The molecule has 2 aromatic rings. The van der Waals surface area contributed by atoms with Crippen LogP contribution in [-0.2, 0) is 0 Å². The topological polar surface area (TPSA) is 65.8 Å². The Bertz CT molecular complexity index is 617. The molecule has 0 bridgehead atoms. The zero-order chi connectivity index (χ0) is 13.7. The first-order valence-corrected chi connectivity index (χ1v) is 5.88. The second kappa shape index (κ2) is 5.78. The van der Waals surface area contributed by atoms with Gasteiger partial charge >= 0.3 is 0 Å². The third-order valence-corrected chi connectivity index (χ3v) is 2.83. The van der Waals surface area contributed by atoms with E-state index in [1.807, 2.05) is 19.1 Å². The molecule has 1 heterocycles. The molecule has 0 saturated carbocycles. The van der Waals surface area contributed by atoms with E-state index in [2.05, 4.69) is 16.4 Å². The molecule has 0 fully saturated rings. The van der Waals surface area contributed by atoms with Gasteiger partial charge in [0.2, 0.25) is 0 Å². The number of nitriles is 1. The first-order valence-electron chi connectivity index (χ1n) is 5.88. The number of hydrogen-bond acceptors (Lipinski definition) is 3. The number of carbonyl (C=O) groups is 1. The average molecular weight is 251 g/mol. The van der Waals surface area contributed by atoms with Crippen LogP contribution in [-0.4, -0.2) is 10.9 Å². The van der Waals surface area contributed by atoms with Gasteiger partial charge in [-0.05, 0) is 36.2 Å². The molecule has 1 atom stereocenters. The van der Waals surface area contributed by atoms with E-state index in [0.29, 0.717) is 5.56 Å². The molecule has 0 aliphatic rings. The van der Waals surface area contributed by atoms with Gasteiger partial charge in [0.1, 0.15) is 6.04 Å². The number of benzene rings is 1. The monoisotopic (exact) mass is 251 g/mol. The number of aryl methyl sites for hydroxylation is 1. The van der Waals surface area contributed by atoms with E-state index in [1.54, 1.807) is 36.7 Å². The number of aromatic nitrogens is 1. The maximum absolute atomic E-state index is 12.1. The van der Waals surface area contributed by atoms with Crippen LogP contribution in [0.2, 0.25) is 0 Å². The van der Waals surface area contributed by atoms with Crippen molar-refractivity contribution in [2.24, 2.45) is 0 Å². The van der Waals surface area contributed by atoms with Crippen molar-refractivity contribution < 1.29 is 4.79 Å². The van der Waals surface area contributed by atoms with Gasteiger partial charge in [-0.3, -0.25) is 9.78 Å². The van der Waals surface area contributed by atoms with Crippen molar-refractivity contribution in [3.05, 3.63) is 65.5 Å². The minimum Gasteiger partial charge on any atom is -0.332 e. The van der Waals surface area contributed by atoms with Gasteiger partial charge in [0.05, 0.1) is 6.07 Å². The van der Waals surface area contributed by atoms with Crippen LogP contribution in [0.5, 0.6) is 0 Å². The van der Waals surface area contributed by atoms with Crippen molar-refractivity contribution in [2.75, 3.05) is 0 Å². The van der Waals surface area contributed by atoms with Crippen LogP contribution in [0.4, 0.5) is 0 Å².